The number of nitrogens with one attached hydrogen (secondary N) is 1. The number of hydrogen-bond acceptors (Lipinski definition) is 4. The van der Waals surface area contributed by atoms with Gasteiger partial charge in [-0.1, -0.05) is 5.16 Å². The van der Waals surface area contributed by atoms with E-state index in [0.717, 1.165) is 29.3 Å². The monoisotopic (exact) mass is 262 g/mol. The van der Waals surface area contributed by atoms with Crippen LogP contribution in [0.5, 0.6) is 0 Å². The summed E-state index contributed by atoms with van der Waals surface area (Å²) in [4.78, 5) is 0. The highest BCUT2D eigenvalue weighted by molar-refractivity contribution is 5.27. The van der Waals surface area contributed by atoms with Crippen molar-refractivity contribution in [3.8, 4) is 0 Å². The lowest BCUT2D eigenvalue weighted by molar-refractivity contribution is 0.390. The quantitative estimate of drug-likeness (QED) is 0.919. The minimum Gasteiger partial charge on any atom is -0.361 e. The van der Waals surface area contributed by atoms with Gasteiger partial charge in [0.05, 0.1) is 11.4 Å². The van der Waals surface area contributed by atoms with Gasteiger partial charge in [0, 0.05) is 36.5 Å². The molecule has 0 amide bonds. The van der Waals surface area contributed by atoms with Crippen LogP contribution in [0, 0.1) is 27.7 Å². The van der Waals surface area contributed by atoms with Crippen LogP contribution >= 0.6 is 0 Å². The highest BCUT2D eigenvalue weighted by atomic mass is 16.5. The van der Waals surface area contributed by atoms with Gasteiger partial charge in [0.1, 0.15) is 5.76 Å². The molecule has 1 atom stereocenters. The molecule has 1 unspecified atom stereocenters. The average molecular weight is 262 g/mol. The third kappa shape index (κ3) is 2.56. The predicted octanol–water partition coefficient (Wildman–Crippen LogP) is 2.49. The maximum absolute atomic E-state index is 5.21. The first kappa shape index (κ1) is 13.8. The van der Waals surface area contributed by atoms with E-state index < -0.39 is 0 Å². The molecular weight excluding hydrogens is 240 g/mol. The van der Waals surface area contributed by atoms with E-state index in [4.69, 9.17) is 4.52 Å². The van der Waals surface area contributed by atoms with Gasteiger partial charge in [-0.05, 0) is 34.6 Å². The Bertz CT molecular complexity index is 563. The van der Waals surface area contributed by atoms with E-state index in [1.165, 1.54) is 11.3 Å². The molecule has 5 nitrogen and oxygen atoms in total. The number of hydrogen-bond donors (Lipinski definition) is 1. The second kappa shape index (κ2) is 5.17. The van der Waals surface area contributed by atoms with Crippen LogP contribution in [0.2, 0.25) is 0 Å². The highest BCUT2D eigenvalue weighted by Crippen LogP contribution is 2.22. The van der Waals surface area contributed by atoms with Gasteiger partial charge < -0.3 is 9.84 Å². The molecule has 0 aliphatic heterocycles. The molecule has 0 aliphatic carbocycles. The topological polar surface area (TPSA) is 55.9 Å². The molecule has 0 radical (unpaired) electrons. The zero-order valence-corrected chi connectivity index (χ0v) is 12.5. The van der Waals surface area contributed by atoms with E-state index in [0.29, 0.717) is 0 Å². The minimum atomic E-state index is 0.213. The summed E-state index contributed by atoms with van der Waals surface area (Å²) in [5, 5.41) is 12.0. The summed E-state index contributed by atoms with van der Waals surface area (Å²) in [6.07, 6.45) is 0. The summed E-state index contributed by atoms with van der Waals surface area (Å²) < 4.78 is 7.14. The first-order chi connectivity index (χ1) is 8.91. The standard InChI is InChI=1S/C14H22N4O/c1-8-13(11(4)18(6)16-8)7-15-9(2)14-10(3)17-19-12(14)5/h9,15H,7H2,1-6H3. The van der Waals surface area contributed by atoms with Crippen LogP contribution < -0.4 is 5.32 Å². The Morgan fingerprint density at radius 3 is 2.37 bits per heavy atom. The van der Waals surface area contributed by atoms with Gasteiger partial charge in [0.15, 0.2) is 0 Å². The van der Waals surface area contributed by atoms with Crippen LogP contribution in [0.1, 0.15) is 46.9 Å². The Hall–Kier alpha value is -1.62. The lowest BCUT2D eigenvalue weighted by Gasteiger charge is -2.14. The molecule has 1 N–H and O–H groups in total. The van der Waals surface area contributed by atoms with Crippen molar-refractivity contribution in [1.82, 2.24) is 20.3 Å². The van der Waals surface area contributed by atoms with Gasteiger partial charge in [-0.25, -0.2) is 0 Å². The highest BCUT2D eigenvalue weighted by Gasteiger charge is 2.17. The van der Waals surface area contributed by atoms with Crippen LogP contribution in [0.25, 0.3) is 0 Å². The fraction of sp³-hybridized carbons (Fsp3) is 0.571. The normalized spacial score (nSPS) is 12.9. The van der Waals surface area contributed by atoms with Crippen molar-refractivity contribution >= 4 is 0 Å². The van der Waals surface area contributed by atoms with Crippen molar-refractivity contribution in [3.05, 3.63) is 34.0 Å². The van der Waals surface area contributed by atoms with E-state index >= 15 is 0 Å². The number of rotatable bonds is 4. The van der Waals surface area contributed by atoms with Crippen molar-refractivity contribution in [2.75, 3.05) is 0 Å². The summed E-state index contributed by atoms with van der Waals surface area (Å²) in [6.45, 7) is 11.0. The lowest BCUT2D eigenvalue weighted by Crippen LogP contribution is -2.19. The van der Waals surface area contributed by atoms with Crippen LogP contribution in [0.3, 0.4) is 0 Å². The van der Waals surface area contributed by atoms with E-state index in [-0.39, 0.29) is 6.04 Å². The van der Waals surface area contributed by atoms with Crippen LogP contribution in [0.4, 0.5) is 0 Å². The first-order valence-corrected chi connectivity index (χ1v) is 6.57. The zero-order chi connectivity index (χ0) is 14.2. The fourth-order valence-corrected chi connectivity index (χ4v) is 2.54. The van der Waals surface area contributed by atoms with Crippen LogP contribution in [0.15, 0.2) is 4.52 Å². The smallest absolute Gasteiger partial charge is 0.138 e. The molecule has 19 heavy (non-hydrogen) atoms. The summed E-state index contributed by atoms with van der Waals surface area (Å²) in [5.41, 5.74) is 5.66. The summed E-state index contributed by atoms with van der Waals surface area (Å²) >= 11 is 0. The molecule has 2 heterocycles. The third-order valence-electron chi connectivity index (χ3n) is 3.77. The SMILES string of the molecule is Cc1nn(C)c(C)c1CNC(C)c1c(C)noc1C. The van der Waals surface area contributed by atoms with Gasteiger partial charge in [-0.15, -0.1) is 0 Å². The van der Waals surface area contributed by atoms with Gasteiger partial charge in [-0.2, -0.15) is 5.10 Å². The molecule has 104 valence electrons. The second-order valence-electron chi connectivity index (χ2n) is 5.11. The van der Waals surface area contributed by atoms with E-state index in [9.17, 15) is 0 Å². The largest absolute Gasteiger partial charge is 0.361 e. The van der Waals surface area contributed by atoms with Crippen molar-refractivity contribution in [2.45, 2.75) is 47.2 Å². The van der Waals surface area contributed by atoms with E-state index in [1.54, 1.807) is 0 Å². The molecule has 0 aromatic carbocycles. The lowest BCUT2D eigenvalue weighted by atomic mass is 10.1. The molecule has 2 rings (SSSR count). The summed E-state index contributed by atoms with van der Waals surface area (Å²) in [7, 11) is 1.98. The number of aryl methyl sites for hydroxylation is 4. The van der Waals surface area contributed by atoms with E-state index in [2.05, 4.69) is 29.4 Å². The molecule has 5 heteroatoms. The van der Waals surface area contributed by atoms with Crippen molar-refractivity contribution < 1.29 is 4.52 Å². The van der Waals surface area contributed by atoms with Gasteiger partial charge in [0.25, 0.3) is 0 Å². The van der Waals surface area contributed by atoms with Crippen LogP contribution in [-0.2, 0) is 13.6 Å². The van der Waals surface area contributed by atoms with Crippen molar-refractivity contribution in [1.29, 1.82) is 0 Å². The van der Waals surface area contributed by atoms with Gasteiger partial charge in [0.2, 0.25) is 0 Å². The maximum Gasteiger partial charge on any atom is 0.138 e. The molecule has 0 bridgehead atoms. The Labute approximate surface area is 114 Å². The summed E-state index contributed by atoms with van der Waals surface area (Å²) in [6, 6.07) is 0.213. The van der Waals surface area contributed by atoms with Crippen LogP contribution in [-0.4, -0.2) is 14.9 Å². The Morgan fingerprint density at radius 1 is 1.21 bits per heavy atom. The van der Waals surface area contributed by atoms with E-state index in [1.807, 2.05) is 32.5 Å². The third-order valence-corrected chi connectivity index (χ3v) is 3.77. The van der Waals surface area contributed by atoms with Gasteiger partial charge >= 0.3 is 0 Å². The molecule has 0 aliphatic rings. The molecule has 0 fully saturated rings. The number of aromatic nitrogens is 3. The van der Waals surface area contributed by atoms with Crippen molar-refractivity contribution in [3.63, 3.8) is 0 Å². The zero-order valence-electron chi connectivity index (χ0n) is 12.5. The summed E-state index contributed by atoms with van der Waals surface area (Å²) in [5.74, 6) is 0.886. The molecule has 2 aromatic rings. The second-order valence-corrected chi connectivity index (χ2v) is 5.11. The Kier molecular flexibility index (Phi) is 3.75. The Morgan fingerprint density at radius 2 is 1.89 bits per heavy atom. The number of nitrogens with zero attached hydrogens (tertiary/aromatic N) is 3. The maximum atomic E-state index is 5.21. The molecule has 0 saturated heterocycles. The fourth-order valence-electron chi connectivity index (χ4n) is 2.54. The first-order valence-electron chi connectivity index (χ1n) is 6.57. The molecule has 0 saturated carbocycles. The predicted molar refractivity (Wildman–Crippen MR) is 73.9 cm³/mol. The van der Waals surface area contributed by atoms with Gasteiger partial charge in [-0.3, -0.25) is 4.68 Å². The molecule has 0 spiro atoms. The average Bonchev–Trinajstić information content (AvgIpc) is 2.79. The Balaban J connectivity index is 2.11. The molecular formula is C14H22N4O. The molecule has 2 aromatic heterocycles. The minimum absolute atomic E-state index is 0.213. The van der Waals surface area contributed by atoms with Crippen molar-refractivity contribution in [2.24, 2.45) is 7.05 Å².